The third-order valence-electron chi connectivity index (χ3n) is 2.57. The first-order valence-electron chi connectivity index (χ1n) is 5.22. The van der Waals surface area contributed by atoms with Crippen molar-refractivity contribution in [1.82, 2.24) is 5.16 Å². The van der Waals surface area contributed by atoms with Crippen LogP contribution in [0, 0.1) is 6.92 Å². The fourth-order valence-electron chi connectivity index (χ4n) is 1.70. The van der Waals surface area contributed by atoms with E-state index in [1.54, 1.807) is 22.7 Å². The Balaban J connectivity index is 2.19. The predicted octanol–water partition coefficient (Wildman–Crippen LogP) is 4.78. The van der Waals surface area contributed by atoms with Crippen LogP contribution in [0.15, 0.2) is 31.9 Å². The summed E-state index contributed by atoms with van der Waals surface area (Å²) in [6.07, 6.45) is 0. The first-order chi connectivity index (χ1) is 8.66. The second kappa shape index (κ2) is 4.53. The number of thiophene rings is 2. The molecule has 0 fully saturated rings. The normalized spacial score (nSPS) is 11.0. The Kier molecular flexibility index (Phi) is 3.01. The van der Waals surface area contributed by atoms with Gasteiger partial charge in [0.05, 0.1) is 14.2 Å². The number of halogens is 1. The van der Waals surface area contributed by atoms with E-state index in [1.807, 2.05) is 17.5 Å². The molecule has 0 spiro atoms. The summed E-state index contributed by atoms with van der Waals surface area (Å²) < 4.78 is 6.50. The first-order valence-corrected chi connectivity index (χ1v) is 7.71. The third-order valence-corrected chi connectivity index (χ3v) is 5.59. The molecule has 3 heterocycles. The van der Waals surface area contributed by atoms with Gasteiger partial charge in [-0.1, -0.05) is 11.2 Å². The molecule has 0 amide bonds. The number of nitrogens with zero attached hydrogens (tertiary/aromatic N) is 1. The van der Waals surface area contributed by atoms with Crippen molar-refractivity contribution in [3.63, 3.8) is 0 Å². The molecule has 0 aliphatic rings. The first kappa shape index (κ1) is 12.0. The van der Waals surface area contributed by atoms with Gasteiger partial charge in [0.2, 0.25) is 0 Å². The van der Waals surface area contributed by atoms with E-state index in [0.29, 0.717) is 5.82 Å². The highest BCUT2D eigenvalue weighted by molar-refractivity contribution is 9.11. The molecule has 0 bridgehead atoms. The molecule has 18 heavy (non-hydrogen) atoms. The van der Waals surface area contributed by atoms with Crippen molar-refractivity contribution in [3.8, 4) is 21.1 Å². The van der Waals surface area contributed by atoms with Crippen molar-refractivity contribution < 1.29 is 4.52 Å². The van der Waals surface area contributed by atoms with Gasteiger partial charge in [-0.05, 0) is 45.9 Å². The molecule has 0 saturated carbocycles. The fraction of sp³-hybridized carbons (Fsp3) is 0.0833. The number of anilines is 1. The van der Waals surface area contributed by atoms with E-state index in [2.05, 4.69) is 34.1 Å². The standard InChI is InChI=1S/C12H9BrN2OS2/c1-6-5-8(18-11(6)13)10-9(12(14)15-16-10)7-3-2-4-17-7/h2-5H,1H3,(H2,14,15). The zero-order valence-corrected chi connectivity index (χ0v) is 12.7. The van der Waals surface area contributed by atoms with Gasteiger partial charge < -0.3 is 10.3 Å². The molecule has 6 heteroatoms. The Morgan fingerprint density at radius 1 is 1.39 bits per heavy atom. The number of aromatic nitrogens is 1. The molecule has 3 nitrogen and oxygen atoms in total. The topological polar surface area (TPSA) is 52.0 Å². The number of rotatable bonds is 2. The maximum absolute atomic E-state index is 5.91. The number of nitrogen functional groups attached to an aromatic ring is 1. The van der Waals surface area contributed by atoms with E-state index in [0.717, 1.165) is 24.9 Å². The molecule has 0 aliphatic carbocycles. The molecular formula is C12H9BrN2OS2. The Bertz CT molecular complexity index is 666. The summed E-state index contributed by atoms with van der Waals surface area (Å²) in [6.45, 7) is 2.05. The van der Waals surface area contributed by atoms with E-state index < -0.39 is 0 Å². The van der Waals surface area contributed by atoms with Crippen molar-refractivity contribution in [2.75, 3.05) is 5.73 Å². The molecule has 3 rings (SSSR count). The van der Waals surface area contributed by atoms with Crippen LogP contribution in [0.4, 0.5) is 5.82 Å². The van der Waals surface area contributed by atoms with Crippen LogP contribution < -0.4 is 5.73 Å². The largest absolute Gasteiger partial charge is 0.380 e. The molecule has 3 aromatic rings. The van der Waals surface area contributed by atoms with Crippen molar-refractivity contribution in [2.45, 2.75) is 6.92 Å². The van der Waals surface area contributed by atoms with Crippen LogP contribution in [-0.2, 0) is 0 Å². The summed E-state index contributed by atoms with van der Waals surface area (Å²) in [5.41, 5.74) is 7.98. The summed E-state index contributed by atoms with van der Waals surface area (Å²) in [5.74, 6) is 1.18. The molecular weight excluding hydrogens is 332 g/mol. The molecule has 92 valence electrons. The van der Waals surface area contributed by atoms with Crippen LogP contribution in [0.3, 0.4) is 0 Å². The van der Waals surface area contributed by atoms with Gasteiger partial charge in [-0.15, -0.1) is 22.7 Å². The fourth-order valence-corrected chi connectivity index (χ4v) is 4.00. The molecule has 2 N–H and O–H groups in total. The summed E-state index contributed by atoms with van der Waals surface area (Å²) in [6, 6.07) is 6.09. The molecule has 0 saturated heterocycles. The van der Waals surface area contributed by atoms with Crippen LogP contribution in [0.5, 0.6) is 0 Å². The average molecular weight is 341 g/mol. The minimum Gasteiger partial charge on any atom is -0.380 e. The zero-order chi connectivity index (χ0) is 12.7. The van der Waals surface area contributed by atoms with E-state index in [4.69, 9.17) is 10.3 Å². The second-order valence-electron chi connectivity index (χ2n) is 3.82. The molecule has 0 radical (unpaired) electrons. The minimum atomic E-state index is 0.439. The van der Waals surface area contributed by atoms with E-state index >= 15 is 0 Å². The molecule has 0 unspecified atom stereocenters. The summed E-state index contributed by atoms with van der Waals surface area (Å²) in [7, 11) is 0. The highest BCUT2D eigenvalue weighted by Crippen LogP contribution is 2.43. The Labute approximate surface area is 120 Å². The lowest BCUT2D eigenvalue weighted by Crippen LogP contribution is -1.86. The summed E-state index contributed by atoms with van der Waals surface area (Å²) in [4.78, 5) is 2.11. The summed E-state index contributed by atoms with van der Waals surface area (Å²) in [5, 5.41) is 5.90. The second-order valence-corrected chi connectivity index (χ2v) is 7.13. The number of hydrogen-bond acceptors (Lipinski definition) is 5. The van der Waals surface area contributed by atoms with Gasteiger partial charge in [0.25, 0.3) is 0 Å². The van der Waals surface area contributed by atoms with Gasteiger partial charge >= 0.3 is 0 Å². The Hall–Kier alpha value is -1.11. The van der Waals surface area contributed by atoms with Gasteiger partial charge in [-0.3, -0.25) is 0 Å². The predicted molar refractivity (Wildman–Crippen MR) is 80.0 cm³/mol. The highest BCUT2D eigenvalue weighted by atomic mass is 79.9. The van der Waals surface area contributed by atoms with Crippen LogP contribution >= 0.6 is 38.6 Å². The van der Waals surface area contributed by atoms with Gasteiger partial charge in [0.1, 0.15) is 0 Å². The van der Waals surface area contributed by atoms with Crippen molar-refractivity contribution in [3.05, 3.63) is 32.9 Å². The van der Waals surface area contributed by atoms with Crippen LogP contribution in [0.1, 0.15) is 5.56 Å². The van der Waals surface area contributed by atoms with Gasteiger partial charge in [-0.2, -0.15) is 0 Å². The van der Waals surface area contributed by atoms with E-state index in [-0.39, 0.29) is 0 Å². The van der Waals surface area contributed by atoms with Crippen LogP contribution in [0.2, 0.25) is 0 Å². The molecule has 0 atom stereocenters. The van der Waals surface area contributed by atoms with E-state index in [9.17, 15) is 0 Å². The van der Waals surface area contributed by atoms with Gasteiger partial charge in [0, 0.05) is 4.88 Å². The molecule has 0 aromatic carbocycles. The summed E-state index contributed by atoms with van der Waals surface area (Å²) >= 11 is 6.77. The number of nitrogens with two attached hydrogens (primary N) is 1. The van der Waals surface area contributed by atoms with Gasteiger partial charge in [-0.25, -0.2) is 0 Å². The van der Waals surface area contributed by atoms with Crippen molar-refractivity contribution >= 4 is 44.4 Å². The van der Waals surface area contributed by atoms with Crippen LogP contribution in [-0.4, -0.2) is 5.16 Å². The maximum Gasteiger partial charge on any atom is 0.187 e. The van der Waals surface area contributed by atoms with Crippen molar-refractivity contribution in [1.29, 1.82) is 0 Å². The molecule has 0 aliphatic heterocycles. The minimum absolute atomic E-state index is 0.439. The Morgan fingerprint density at radius 3 is 2.83 bits per heavy atom. The number of aryl methyl sites for hydroxylation is 1. The lowest BCUT2D eigenvalue weighted by atomic mass is 10.1. The van der Waals surface area contributed by atoms with Crippen LogP contribution in [0.25, 0.3) is 21.1 Å². The lowest BCUT2D eigenvalue weighted by Gasteiger charge is -1.96. The highest BCUT2D eigenvalue weighted by Gasteiger charge is 2.20. The smallest absolute Gasteiger partial charge is 0.187 e. The van der Waals surface area contributed by atoms with Gasteiger partial charge in [0.15, 0.2) is 11.6 Å². The third kappa shape index (κ3) is 1.90. The van der Waals surface area contributed by atoms with Crippen molar-refractivity contribution in [2.24, 2.45) is 0 Å². The van der Waals surface area contributed by atoms with E-state index in [1.165, 1.54) is 5.56 Å². The monoisotopic (exact) mass is 340 g/mol. The zero-order valence-electron chi connectivity index (χ0n) is 9.44. The lowest BCUT2D eigenvalue weighted by molar-refractivity contribution is 0.437. The Morgan fingerprint density at radius 2 is 2.22 bits per heavy atom. The average Bonchev–Trinajstić information content (AvgIpc) is 3.01. The molecule has 3 aromatic heterocycles. The maximum atomic E-state index is 5.91. The number of hydrogen-bond donors (Lipinski definition) is 1. The SMILES string of the molecule is Cc1cc(-c2onc(N)c2-c2cccs2)sc1Br. The quantitative estimate of drug-likeness (QED) is 0.729.